The second-order valence-electron chi connectivity index (χ2n) is 5.41. The number of nitrogens with two attached hydrogens (primary N) is 1. The highest BCUT2D eigenvalue weighted by Gasteiger charge is 2.53. The molecule has 0 unspecified atom stereocenters. The molecular weight excluding hydrogens is 298 g/mol. The van der Waals surface area contributed by atoms with Gasteiger partial charge in [0.15, 0.2) is 0 Å². The van der Waals surface area contributed by atoms with Gasteiger partial charge in [0.2, 0.25) is 5.91 Å². The van der Waals surface area contributed by atoms with Crippen LogP contribution in [0.15, 0.2) is 0 Å². The number of carbonyl (C=O) groups is 3. The molecular formula is C13H22ClN3O4. The summed E-state index contributed by atoms with van der Waals surface area (Å²) in [5.74, 6) is -0.481. The molecule has 2 fully saturated rings. The van der Waals surface area contributed by atoms with E-state index in [2.05, 4.69) is 0 Å². The topological polar surface area (TPSA) is 92.9 Å². The molecule has 0 radical (unpaired) electrons. The number of likely N-dealkylation sites (tertiary alicyclic amines) is 1. The Labute approximate surface area is 130 Å². The summed E-state index contributed by atoms with van der Waals surface area (Å²) in [4.78, 5) is 42.5. The molecule has 21 heavy (non-hydrogen) atoms. The van der Waals surface area contributed by atoms with Gasteiger partial charge in [-0.15, -0.1) is 12.4 Å². The molecule has 8 heteroatoms. The van der Waals surface area contributed by atoms with E-state index in [-0.39, 0.29) is 36.5 Å². The van der Waals surface area contributed by atoms with Gasteiger partial charge in [-0.05, 0) is 25.8 Å². The highest BCUT2D eigenvalue weighted by Crippen LogP contribution is 2.42. The fourth-order valence-corrected chi connectivity index (χ4v) is 2.94. The van der Waals surface area contributed by atoms with Crippen molar-refractivity contribution in [3.8, 4) is 0 Å². The summed E-state index contributed by atoms with van der Waals surface area (Å²) in [6.07, 6.45) is 2.35. The van der Waals surface area contributed by atoms with Crippen molar-refractivity contribution >= 4 is 30.1 Å². The molecule has 0 aliphatic carbocycles. The first-order chi connectivity index (χ1) is 9.54. The molecule has 2 aliphatic heterocycles. The number of hydroxylamine groups is 2. The Morgan fingerprint density at radius 1 is 1.33 bits per heavy atom. The van der Waals surface area contributed by atoms with Gasteiger partial charge in [-0.1, -0.05) is 0 Å². The molecule has 7 nitrogen and oxygen atoms in total. The normalized spacial score (nSPS) is 20.9. The molecule has 0 aromatic carbocycles. The second kappa shape index (κ2) is 7.20. The molecule has 120 valence electrons. The van der Waals surface area contributed by atoms with Gasteiger partial charge >= 0.3 is 0 Å². The van der Waals surface area contributed by atoms with Crippen molar-refractivity contribution in [2.75, 3.05) is 26.7 Å². The number of carbonyl (C=O) groups excluding carboxylic acids is 3. The van der Waals surface area contributed by atoms with Crippen molar-refractivity contribution in [1.29, 1.82) is 0 Å². The lowest BCUT2D eigenvalue weighted by atomic mass is 9.77. The zero-order chi connectivity index (χ0) is 14.8. The monoisotopic (exact) mass is 319 g/mol. The van der Waals surface area contributed by atoms with Crippen LogP contribution in [0.5, 0.6) is 0 Å². The Kier molecular flexibility index (Phi) is 6.12. The Morgan fingerprint density at radius 2 is 1.95 bits per heavy atom. The minimum Gasteiger partial charge on any atom is -0.343 e. The molecule has 0 aromatic rings. The minimum absolute atomic E-state index is 0. The van der Waals surface area contributed by atoms with Crippen LogP contribution in [-0.4, -0.2) is 54.4 Å². The maximum atomic E-state index is 12.2. The van der Waals surface area contributed by atoms with Crippen LogP contribution in [-0.2, 0) is 19.2 Å². The average Bonchev–Trinajstić information content (AvgIpc) is 2.68. The van der Waals surface area contributed by atoms with Crippen molar-refractivity contribution in [3.05, 3.63) is 0 Å². The first-order valence-electron chi connectivity index (χ1n) is 6.93. The third-order valence-electron chi connectivity index (χ3n) is 4.20. The van der Waals surface area contributed by atoms with E-state index in [4.69, 9.17) is 10.6 Å². The number of hydrogen-bond donors (Lipinski definition) is 1. The maximum Gasteiger partial charge on any atom is 0.260 e. The quantitative estimate of drug-likeness (QED) is 0.741. The van der Waals surface area contributed by atoms with Crippen LogP contribution in [0.3, 0.4) is 0 Å². The summed E-state index contributed by atoms with van der Waals surface area (Å²) in [5, 5.41) is 0.853. The van der Waals surface area contributed by atoms with Crippen molar-refractivity contribution in [3.63, 3.8) is 0 Å². The van der Waals surface area contributed by atoms with E-state index in [9.17, 15) is 14.4 Å². The van der Waals surface area contributed by atoms with Crippen molar-refractivity contribution < 1.29 is 19.2 Å². The standard InChI is InChI=1S/C13H21N3O4.ClH/c1-20-16-11(18)9-13(12(16)19)4-7-15(8-5-13)10(17)3-2-6-14;/h2-9,14H2,1H3;1H. The predicted octanol–water partition coefficient (Wildman–Crippen LogP) is 0.0762. The molecule has 0 bridgehead atoms. The Hall–Kier alpha value is -1.18. The van der Waals surface area contributed by atoms with Crippen LogP contribution in [0.25, 0.3) is 0 Å². The Balaban J connectivity index is 0.00000220. The van der Waals surface area contributed by atoms with Gasteiger partial charge in [0.1, 0.15) is 0 Å². The highest BCUT2D eigenvalue weighted by molar-refractivity contribution is 6.04. The lowest BCUT2D eigenvalue weighted by Crippen LogP contribution is -2.46. The number of amides is 3. The van der Waals surface area contributed by atoms with E-state index in [0.29, 0.717) is 45.3 Å². The van der Waals surface area contributed by atoms with Gasteiger partial charge in [0.25, 0.3) is 11.8 Å². The fraction of sp³-hybridized carbons (Fsp3) is 0.769. The maximum absolute atomic E-state index is 12.2. The molecule has 2 saturated heterocycles. The second-order valence-corrected chi connectivity index (χ2v) is 5.41. The first-order valence-corrected chi connectivity index (χ1v) is 6.93. The third-order valence-corrected chi connectivity index (χ3v) is 4.20. The summed E-state index contributed by atoms with van der Waals surface area (Å²) in [7, 11) is 1.32. The predicted molar refractivity (Wildman–Crippen MR) is 77.3 cm³/mol. The Bertz CT molecular complexity index is 422. The average molecular weight is 320 g/mol. The van der Waals surface area contributed by atoms with E-state index in [1.807, 2.05) is 0 Å². The molecule has 2 N–H and O–H groups in total. The third kappa shape index (κ3) is 3.36. The molecule has 0 aromatic heterocycles. The number of halogens is 1. The lowest BCUT2D eigenvalue weighted by Gasteiger charge is -2.37. The van der Waals surface area contributed by atoms with Crippen molar-refractivity contribution in [2.45, 2.75) is 32.1 Å². The van der Waals surface area contributed by atoms with Gasteiger partial charge in [0, 0.05) is 25.9 Å². The number of rotatable bonds is 4. The van der Waals surface area contributed by atoms with Gasteiger partial charge in [-0.3, -0.25) is 19.2 Å². The van der Waals surface area contributed by atoms with E-state index in [1.54, 1.807) is 4.90 Å². The Morgan fingerprint density at radius 3 is 2.43 bits per heavy atom. The van der Waals surface area contributed by atoms with Gasteiger partial charge in [-0.25, -0.2) is 0 Å². The molecule has 0 atom stereocenters. The van der Waals surface area contributed by atoms with Crippen LogP contribution in [0.1, 0.15) is 32.1 Å². The van der Waals surface area contributed by atoms with Gasteiger partial charge in [-0.2, -0.15) is 5.06 Å². The largest absolute Gasteiger partial charge is 0.343 e. The fourth-order valence-electron chi connectivity index (χ4n) is 2.94. The summed E-state index contributed by atoms with van der Waals surface area (Å²) >= 11 is 0. The molecule has 3 amide bonds. The molecule has 1 spiro atoms. The van der Waals surface area contributed by atoms with Crippen LogP contribution >= 0.6 is 12.4 Å². The number of hydrogen-bond acceptors (Lipinski definition) is 5. The number of imide groups is 1. The summed E-state index contributed by atoms with van der Waals surface area (Å²) < 4.78 is 0. The van der Waals surface area contributed by atoms with Gasteiger partial charge < -0.3 is 10.6 Å². The van der Waals surface area contributed by atoms with E-state index >= 15 is 0 Å². The molecule has 2 heterocycles. The van der Waals surface area contributed by atoms with E-state index < -0.39 is 5.41 Å². The molecule has 2 aliphatic rings. The van der Waals surface area contributed by atoms with Crippen LogP contribution in [0.2, 0.25) is 0 Å². The summed E-state index contributed by atoms with van der Waals surface area (Å²) in [6, 6.07) is 0. The summed E-state index contributed by atoms with van der Waals surface area (Å²) in [6.45, 7) is 1.53. The number of nitrogens with zero attached hydrogens (tertiary/aromatic N) is 2. The van der Waals surface area contributed by atoms with Crippen LogP contribution in [0, 0.1) is 5.41 Å². The van der Waals surface area contributed by atoms with Gasteiger partial charge in [0.05, 0.1) is 12.5 Å². The van der Waals surface area contributed by atoms with E-state index in [1.165, 1.54) is 7.11 Å². The molecule has 0 saturated carbocycles. The first kappa shape index (κ1) is 17.9. The zero-order valence-electron chi connectivity index (χ0n) is 12.2. The smallest absolute Gasteiger partial charge is 0.260 e. The van der Waals surface area contributed by atoms with Crippen molar-refractivity contribution in [1.82, 2.24) is 9.96 Å². The summed E-state index contributed by atoms with van der Waals surface area (Å²) in [5.41, 5.74) is 4.72. The zero-order valence-corrected chi connectivity index (χ0v) is 13.0. The highest BCUT2D eigenvalue weighted by atomic mass is 35.5. The lowest BCUT2D eigenvalue weighted by molar-refractivity contribution is -0.183. The van der Waals surface area contributed by atoms with Crippen LogP contribution in [0.4, 0.5) is 0 Å². The minimum atomic E-state index is -0.669. The van der Waals surface area contributed by atoms with E-state index in [0.717, 1.165) is 5.06 Å². The number of piperidine rings is 1. The van der Waals surface area contributed by atoms with Crippen molar-refractivity contribution in [2.24, 2.45) is 11.1 Å². The molecule has 2 rings (SSSR count). The SMILES string of the molecule is CON1C(=O)CC2(CCN(C(=O)CCCN)CC2)C1=O.Cl. The van der Waals surface area contributed by atoms with Crippen LogP contribution < -0.4 is 5.73 Å².